The molecule has 0 amide bonds. The topological polar surface area (TPSA) is 63.6 Å². The fraction of sp³-hybridized carbons (Fsp3) is 0.467. The van der Waals surface area contributed by atoms with Gasteiger partial charge in [0.15, 0.2) is 0 Å². The molecule has 0 unspecified atom stereocenters. The van der Waals surface area contributed by atoms with Crippen molar-refractivity contribution in [1.29, 1.82) is 0 Å². The van der Waals surface area contributed by atoms with Crippen molar-refractivity contribution in [1.82, 2.24) is 0 Å². The second-order valence-corrected chi connectivity index (χ2v) is 5.67. The summed E-state index contributed by atoms with van der Waals surface area (Å²) in [5.41, 5.74) is 2.87. The first kappa shape index (κ1) is 15.0. The summed E-state index contributed by atoms with van der Waals surface area (Å²) in [5.74, 6) is -1.86. The summed E-state index contributed by atoms with van der Waals surface area (Å²) in [6.07, 6.45) is 3.86. The average Bonchev–Trinajstić information content (AvgIpc) is 2.45. The summed E-state index contributed by atoms with van der Waals surface area (Å²) in [7, 11) is 0. The molecule has 0 spiro atoms. The van der Waals surface area contributed by atoms with Crippen LogP contribution < -0.4 is 0 Å². The van der Waals surface area contributed by atoms with Gasteiger partial charge in [0, 0.05) is 0 Å². The number of aromatic hydroxyl groups is 1. The van der Waals surface area contributed by atoms with Gasteiger partial charge in [0.25, 0.3) is 5.78 Å². The van der Waals surface area contributed by atoms with Crippen LogP contribution in [-0.2, 0) is 22.4 Å². The molecule has 0 saturated heterocycles. The molecule has 1 aliphatic carbocycles. The minimum atomic E-state index is -0.923. The number of rotatable bonds is 3. The molecular weight excluding hydrogens is 324 g/mol. The summed E-state index contributed by atoms with van der Waals surface area (Å²) in [6.45, 7) is 3.56. The number of fused-ring (bicyclic) bond motifs is 1. The Morgan fingerprint density at radius 1 is 1.25 bits per heavy atom. The fourth-order valence-corrected chi connectivity index (χ4v) is 3.35. The van der Waals surface area contributed by atoms with Crippen LogP contribution in [0.25, 0.3) is 0 Å². The minimum Gasteiger partial charge on any atom is -0.506 e. The van der Waals surface area contributed by atoms with Crippen molar-refractivity contribution >= 4 is 27.7 Å². The van der Waals surface area contributed by atoms with E-state index in [2.05, 4.69) is 15.9 Å². The van der Waals surface area contributed by atoms with Crippen LogP contribution >= 0.6 is 15.9 Å². The highest BCUT2D eigenvalue weighted by Gasteiger charge is 2.29. The van der Waals surface area contributed by atoms with E-state index in [1.807, 2.05) is 0 Å². The molecule has 0 bridgehead atoms. The number of hydrogen-bond donors (Lipinski definition) is 1. The highest BCUT2D eigenvalue weighted by atomic mass is 79.9. The predicted octanol–water partition coefficient (Wildman–Crippen LogP) is 3.09. The van der Waals surface area contributed by atoms with Gasteiger partial charge in [-0.1, -0.05) is 0 Å². The van der Waals surface area contributed by atoms with Crippen molar-refractivity contribution in [3.63, 3.8) is 0 Å². The first-order valence-corrected chi connectivity index (χ1v) is 7.52. The van der Waals surface area contributed by atoms with Gasteiger partial charge in [-0.3, -0.25) is 4.79 Å². The van der Waals surface area contributed by atoms with Crippen LogP contribution in [0, 0.1) is 6.92 Å². The van der Waals surface area contributed by atoms with E-state index < -0.39 is 11.8 Å². The molecule has 1 aromatic rings. The normalized spacial score (nSPS) is 13.8. The van der Waals surface area contributed by atoms with Crippen LogP contribution in [0.2, 0.25) is 0 Å². The summed E-state index contributed by atoms with van der Waals surface area (Å²) < 4.78 is 5.27. The van der Waals surface area contributed by atoms with E-state index in [1.165, 1.54) is 0 Å². The molecule has 0 saturated carbocycles. The number of phenolic OH excluding ortho intramolecular Hbond substituents is 1. The number of ketones is 1. The number of ether oxygens (including phenoxy) is 1. The molecule has 1 aromatic carbocycles. The number of hydrogen-bond acceptors (Lipinski definition) is 4. The van der Waals surface area contributed by atoms with Gasteiger partial charge in [-0.05, 0) is 72.2 Å². The van der Waals surface area contributed by atoms with Crippen molar-refractivity contribution in [3.05, 3.63) is 26.7 Å². The Morgan fingerprint density at radius 3 is 2.45 bits per heavy atom. The number of halogens is 1. The number of phenols is 1. The Hall–Kier alpha value is -1.36. The third kappa shape index (κ3) is 2.46. The number of Topliss-reactive ketones (excluding diaryl/α,β-unsaturated/α-hetero) is 1. The molecule has 0 aliphatic heterocycles. The summed E-state index contributed by atoms with van der Waals surface area (Å²) >= 11 is 3.35. The van der Waals surface area contributed by atoms with Crippen LogP contribution in [0.1, 0.15) is 46.8 Å². The first-order chi connectivity index (χ1) is 9.49. The highest BCUT2D eigenvalue weighted by molar-refractivity contribution is 9.10. The van der Waals surface area contributed by atoms with Gasteiger partial charge in [-0.2, -0.15) is 0 Å². The minimum absolute atomic E-state index is 0.0657. The molecule has 0 aromatic heterocycles. The molecule has 20 heavy (non-hydrogen) atoms. The van der Waals surface area contributed by atoms with Crippen LogP contribution in [-0.4, -0.2) is 23.5 Å². The number of carbonyl (C=O) groups excluding carboxylic acids is 2. The molecule has 0 fully saturated rings. The Bertz CT molecular complexity index is 578. The van der Waals surface area contributed by atoms with E-state index in [1.54, 1.807) is 13.8 Å². The molecule has 108 valence electrons. The zero-order valence-corrected chi connectivity index (χ0v) is 13.2. The second kappa shape index (κ2) is 5.95. The quantitative estimate of drug-likeness (QED) is 0.521. The van der Waals surface area contributed by atoms with E-state index in [4.69, 9.17) is 4.74 Å². The standard InChI is InChI=1S/C15H17BrO4/c1-3-20-15(19)14(18)11-8(2)9-6-4-5-7-10(9)12(16)13(11)17/h17H,3-7H2,1-2H3. The molecule has 1 N–H and O–H groups in total. The molecule has 5 heteroatoms. The molecular formula is C15H17BrO4. The Kier molecular flexibility index (Phi) is 4.48. The predicted molar refractivity (Wildman–Crippen MR) is 78.1 cm³/mol. The zero-order valence-electron chi connectivity index (χ0n) is 11.6. The van der Waals surface area contributed by atoms with Gasteiger partial charge in [0.05, 0.1) is 16.6 Å². The lowest BCUT2D eigenvalue weighted by Crippen LogP contribution is -2.20. The Labute approximate surface area is 126 Å². The van der Waals surface area contributed by atoms with Gasteiger partial charge in [-0.25, -0.2) is 4.79 Å². The van der Waals surface area contributed by atoms with Gasteiger partial charge in [0.1, 0.15) is 5.75 Å². The molecule has 0 heterocycles. The van der Waals surface area contributed by atoms with E-state index in [9.17, 15) is 14.7 Å². The maximum Gasteiger partial charge on any atom is 0.379 e. The van der Waals surface area contributed by atoms with Gasteiger partial charge in [-0.15, -0.1) is 0 Å². The third-order valence-electron chi connectivity index (χ3n) is 3.69. The van der Waals surface area contributed by atoms with E-state index in [0.29, 0.717) is 10.0 Å². The summed E-state index contributed by atoms with van der Waals surface area (Å²) in [4.78, 5) is 23.8. The van der Waals surface area contributed by atoms with Crippen molar-refractivity contribution in [2.24, 2.45) is 0 Å². The maximum absolute atomic E-state index is 12.2. The van der Waals surface area contributed by atoms with Gasteiger partial charge in [0.2, 0.25) is 0 Å². The second-order valence-electron chi connectivity index (χ2n) is 4.88. The van der Waals surface area contributed by atoms with Crippen molar-refractivity contribution in [2.75, 3.05) is 6.61 Å². The lowest BCUT2D eigenvalue weighted by Gasteiger charge is -2.22. The molecule has 1 aliphatic rings. The molecule has 4 nitrogen and oxygen atoms in total. The van der Waals surface area contributed by atoms with Crippen molar-refractivity contribution in [2.45, 2.75) is 39.5 Å². The summed E-state index contributed by atoms with van der Waals surface area (Å²) in [5, 5.41) is 10.2. The van der Waals surface area contributed by atoms with E-state index in [-0.39, 0.29) is 17.9 Å². The number of carbonyl (C=O) groups is 2. The van der Waals surface area contributed by atoms with Crippen LogP contribution in [0.3, 0.4) is 0 Å². The summed E-state index contributed by atoms with van der Waals surface area (Å²) in [6, 6.07) is 0. The lowest BCUT2D eigenvalue weighted by molar-refractivity contribution is -0.137. The van der Waals surface area contributed by atoms with E-state index in [0.717, 1.165) is 36.8 Å². The van der Waals surface area contributed by atoms with Crippen molar-refractivity contribution in [3.8, 4) is 5.75 Å². The smallest absolute Gasteiger partial charge is 0.379 e. The first-order valence-electron chi connectivity index (χ1n) is 6.73. The van der Waals surface area contributed by atoms with Gasteiger partial charge >= 0.3 is 5.97 Å². The fourth-order valence-electron chi connectivity index (χ4n) is 2.72. The molecule has 2 rings (SSSR count). The highest BCUT2D eigenvalue weighted by Crippen LogP contribution is 2.40. The molecule has 0 radical (unpaired) electrons. The SMILES string of the molecule is CCOC(=O)C(=O)c1c(C)c2c(c(Br)c1O)CCCC2. The average molecular weight is 341 g/mol. The largest absolute Gasteiger partial charge is 0.506 e. The van der Waals surface area contributed by atoms with Crippen molar-refractivity contribution < 1.29 is 19.4 Å². The lowest BCUT2D eigenvalue weighted by atomic mass is 9.85. The molecule has 0 atom stereocenters. The number of esters is 1. The monoisotopic (exact) mass is 340 g/mol. The van der Waals surface area contributed by atoms with Gasteiger partial charge < -0.3 is 9.84 Å². The Morgan fingerprint density at radius 2 is 1.85 bits per heavy atom. The van der Waals surface area contributed by atoms with Crippen LogP contribution in [0.4, 0.5) is 0 Å². The van der Waals surface area contributed by atoms with E-state index >= 15 is 0 Å². The number of benzene rings is 1. The zero-order chi connectivity index (χ0) is 14.9. The maximum atomic E-state index is 12.2. The third-order valence-corrected chi connectivity index (χ3v) is 4.55. The Balaban J connectivity index is 2.57. The van der Waals surface area contributed by atoms with Crippen LogP contribution in [0.5, 0.6) is 5.75 Å². The van der Waals surface area contributed by atoms with Crippen LogP contribution in [0.15, 0.2) is 4.47 Å².